The van der Waals surface area contributed by atoms with Crippen LogP contribution in [0.2, 0.25) is 0 Å². The molecule has 2 nitrogen and oxygen atoms in total. The second-order valence-electron chi connectivity index (χ2n) is 3.71. The Hall–Kier alpha value is -1.32. The van der Waals surface area contributed by atoms with E-state index in [1.807, 2.05) is 11.4 Å². The van der Waals surface area contributed by atoms with Gasteiger partial charge in [-0.1, -0.05) is 20.3 Å². The Labute approximate surface area is 94.8 Å². The van der Waals surface area contributed by atoms with Crippen molar-refractivity contribution in [2.45, 2.75) is 32.6 Å². The van der Waals surface area contributed by atoms with Crippen LogP contribution in [-0.4, -0.2) is 0 Å². The molecule has 1 aromatic rings. The molecule has 1 heterocycles. The van der Waals surface area contributed by atoms with Crippen molar-refractivity contribution >= 4 is 11.3 Å². The number of hydrogen-bond acceptors (Lipinski definition) is 3. The summed E-state index contributed by atoms with van der Waals surface area (Å²) in [6.07, 6.45) is 1.60. The second kappa shape index (κ2) is 5.53. The van der Waals surface area contributed by atoms with Crippen molar-refractivity contribution in [1.29, 1.82) is 10.5 Å². The van der Waals surface area contributed by atoms with Crippen molar-refractivity contribution in [2.24, 2.45) is 5.92 Å². The van der Waals surface area contributed by atoms with Crippen LogP contribution in [0, 0.1) is 28.6 Å². The lowest BCUT2D eigenvalue weighted by Gasteiger charge is -2.18. The van der Waals surface area contributed by atoms with E-state index in [1.54, 1.807) is 0 Å². The van der Waals surface area contributed by atoms with Crippen LogP contribution in [0.25, 0.3) is 0 Å². The summed E-state index contributed by atoms with van der Waals surface area (Å²) in [4.78, 5) is 0.733. The monoisotopic (exact) mass is 218 g/mol. The molecule has 0 aliphatic carbocycles. The fourth-order valence-electron chi connectivity index (χ4n) is 1.63. The molecule has 0 aliphatic rings. The third-order valence-corrected chi connectivity index (χ3v) is 3.65. The quantitative estimate of drug-likeness (QED) is 0.774. The first-order valence-electron chi connectivity index (χ1n) is 5.08. The highest BCUT2D eigenvalue weighted by molar-refractivity contribution is 7.10. The van der Waals surface area contributed by atoms with Gasteiger partial charge < -0.3 is 0 Å². The Morgan fingerprint density at radius 2 is 2.20 bits per heavy atom. The fraction of sp³-hybridized carbons (Fsp3) is 0.500. The van der Waals surface area contributed by atoms with Gasteiger partial charge >= 0.3 is 0 Å². The summed E-state index contributed by atoms with van der Waals surface area (Å²) in [6.45, 7) is 4.29. The summed E-state index contributed by atoms with van der Waals surface area (Å²) >= 11 is 1.46. The van der Waals surface area contributed by atoms with Gasteiger partial charge in [0, 0.05) is 12.3 Å². The molecule has 1 rings (SSSR count). The van der Waals surface area contributed by atoms with Gasteiger partial charge in [-0.3, -0.25) is 0 Å². The highest BCUT2D eigenvalue weighted by atomic mass is 32.1. The van der Waals surface area contributed by atoms with Crippen LogP contribution in [0.4, 0.5) is 0 Å². The maximum absolute atomic E-state index is 8.79. The normalized spacial score (nSPS) is 13.9. The smallest absolute Gasteiger partial charge is 0.110 e. The minimum absolute atomic E-state index is 0.276. The summed E-state index contributed by atoms with van der Waals surface area (Å²) < 4.78 is 0. The second-order valence-corrected chi connectivity index (χ2v) is 4.62. The van der Waals surface area contributed by atoms with Crippen LogP contribution in [0.1, 0.15) is 43.0 Å². The molecule has 3 heteroatoms. The summed E-state index contributed by atoms with van der Waals surface area (Å²) in [6, 6.07) is 6.28. The average Bonchev–Trinajstić information content (AvgIpc) is 2.73. The SMILES string of the molecule is CCC(C)C(CC#N)c1csc(C#N)c1. The molecule has 0 radical (unpaired) electrons. The lowest BCUT2D eigenvalue weighted by Crippen LogP contribution is -2.07. The van der Waals surface area contributed by atoms with Crippen LogP contribution in [0.5, 0.6) is 0 Å². The van der Waals surface area contributed by atoms with Gasteiger partial charge in [0.25, 0.3) is 0 Å². The van der Waals surface area contributed by atoms with E-state index in [4.69, 9.17) is 10.5 Å². The number of hydrogen-bond donors (Lipinski definition) is 0. The predicted octanol–water partition coefficient (Wildman–Crippen LogP) is 3.66. The van der Waals surface area contributed by atoms with Crippen LogP contribution in [-0.2, 0) is 0 Å². The standard InChI is InChI=1S/C12H14N2S/c1-3-9(2)12(4-5-13)10-6-11(7-14)15-8-10/h6,8-9,12H,3-4H2,1-2H3. The van der Waals surface area contributed by atoms with E-state index in [2.05, 4.69) is 26.0 Å². The first kappa shape index (κ1) is 11.8. The molecule has 0 N–H and O–H groups in total. The number of nitriles is 2. The van der Waals surface area contributed by atoms with E-state index in [9.17, 15) is 0 Å². The topological polar surface area (TPSA) is 47.6 Å². The molecule has 2 atom stereocenters. The molecule has 0 aromatic carbocycles. The van der Waals surface area contributed by atoms with Crippen LogP contribution < -0.4 is 0 Å². The van der Waals surface area contributed by atoms with Gasteiger partial charge in [-0.05, 0) is 22.9 Å². The third kappa shape index (κ3) is 2.81. The minimum Gasteiger partial charge on any atom is -0.198 e. The van der Waals surface area contributed by atoms with E-state index in [0.717, 1.165) is 16.9 Å². The van der Waals surface area contributed by atoms with Crippen molar-refractivity contribution in [3.63, 3.8) is 0 Å². The molecule has 78 valence electrons. The van der Waals surface area contributed by atoms with Crippen molar-refractivity contribution in [3.05, 3.63) is 21.9 Å². The fourth-order valence-corrected chi connectivity index (χ4v) is 2.40. The van der Waals surface area contributed by atoms with Gasteiger partial charge in [-0.25, -0.2) is 0 Å². The third-order valence-electron chi connectivity index (χ3n) is 2.80. The number of nitrogens with zero attached hydrogens (tertiary/aromatic N) is 2. The Morgan fingerprint density at radius 1 is 1.47 bits per heavy atom. The van der Waals surface area contributed by atoms with Gasteiger partial charge in [0.15, 0.2) is 0 Å². The van der Waals surface area contributed by atoms with Gasteiger partial charge in [-0.2, -0.15) is 10.5 Å². The van der Waals surface area contributed by atoms with Gasteiger partial charge in [0.05, 0.1) is 6.07 Å². The number of rotatable bonds is 4. The molecule has 0 bridgehead atoms. The Balaban J connectivity index is 2.90. The van der Waals surface area contributed by atoms with E-state index < -0.39 is 0 Å². The zero-order valence-electron chi connectivity index (χ0n) is 9.03. The summed E-state index contributed by atoms with van der Waals surface area (Å²) in [5, 5.41) is 19.6. The van der Waals surface area contributed by atoms with Crippen molar-refractivity contribution in [1.82, 2.24) is 0 Å². The molecular weight excluding hydrogens is 204 g/mol. The maximum atomic E-state index is 8.79. The highest BCUT2D eigenvalue weighted by Crippen LogP contribution is 2.32. The van der Waals surface area contributed by atoms with Crippen LogP contribution in [0.15, 0.2) is 11.4 Å². The molecule has 0 amide bonds. The Bertz CT molecular complexity index is 394. The highest BCUT2D eigenvalue weighted by Gasteiger charge is 2.19. The molecule has 0 fully saturated rings. The molecular formula is C12H14N2S. The molecule has 0 spiro atoms. The van der Waals surface area contributed by atoms with E-state index in [0.29, 0.717) is 12.3 Å². The molecule has 2 unspecified atom stereocenters. The van der Waals surface area contributed by atoms with E-state index in [-0.39, 0.29) is 5.92 Å². The first-order chi connectivity index (χ1) is 7.22. The summed E-state index contributed by atoms with van der Waals surface area (Å²) in [5.74, 6) is 0.768. The molecule has 0 saturated carbocycles. The molecule has 0 saturated heterocycles. The summed E-state index contributed by atoms with van der Waals surface area (Å²) in [5.41, 5.74) is 1.15. The maximum Gasteiger partial charge on any atom is 0.110 e. The van der Waals surface area contributed by atoms with Crippen LogP contribution in [0.3, 0.4) is 0 Å². The van der Waals surface area contributed by atoms with Gasteiger partial charge in [0.2, 0.25) is 0 Å². The van der Waals surface area contributed by atoms with Crippen molar-refractivity contribution < 1.29 is 0 Å². The van der Waals surface area contributed by atoms with Crippen LogP contribution >= 0.6 is 11.3 Å². The Morgan fingerprint density at radius 3 is 2.67 bits per heavy atom. The zero-order valence-corrected chi connectivity index (χ0v) is 9.84. The molecule has 15 heavy (non-hydrogen) atoms. The van der Waals surface area contributed by atoms with Gasteiger partial charge in [-0.15, -0.1) is 11.3 Å². The molecule has 0 aliphatic heterocycles. The van der Waals surface area contributed by atoms with Crippen molar-refractivity contribution in [2.75, 3.05) is 0 Å². The summed E-state index contributed by atoms with van der Waals surface area (Å²) in [7, 11) is 0. The van der Waals surface area contributed by atoms with Crippen molar-refractivity contribution in [3.8, 4) is 12.1 Å². The van der Waals surface area contributed by atoms with E-state index in [1.165, 1.54) is 11.3 Å². The van der Waals surface area contributed by atoms with E-state index >= 15 is 0 Å². The lowest BCUT2D eigenvalue weighted by molar-refractivity contribution is 0.452. The minimum atomic E-state index is 0.276. The average molecular weight is 218 g/mol. The number of thiophene rings is 1. The largest absolute Gasteiger partial charge is 0.198 e. The predicted molar refractivity (Wildman–Crippen MR) is 61.5 cm³/mol. The zero-order chi connectivity index (χ0) is 11.3. The lowest BCUT2D eigenvalue weighted by atomic mass is 9.85. The molecule has 1 aromatic heterocycles. The Kier molecular flexibility index (Phi) is 4.34. The first-order valence-corrected chi connectivity index (χ1v) is 5.96. The van der Waals surface area contributed by atoms with Gasteiger partial charge in [0.1, 0.15) is 10.9 Å².